The summed E-state index contributed by atoms with van der Waals surface area (Å²) in [6.07, 6.45) is 1.39. The highest BCUT2D eigenvalue weighted by molar-refractivity contribution is 8.13. The standard InChI is InChI=1S/C19H18ClF2N3OS/c1-19(6-7-27-18(23)25-19)10-11-2-5-14(21)16(8-11)24-17(26)13-4-3-12(20)9-15(13)22/h2-5,8-9H,6-7,10H2,1H3,(H2,23,25)(H,24,26). The summed E-state index contributed by atoms with van der Waals surface area (Å²) in [5, 5.41) is 3.14. The first-order chi connectivity index (χ1) is 12.8. The lowest BCUT2D eigenvalue weighted by atomic mass is 9.90. The third-order valence-corrected chi connectivity index (χ3v) is 5.34. The SMILES string of the molecule is CC1(Cc2ccc(F)c(NC(=O)c3ccc(Cl)cc3F)c2)CCSC(N)=N1. The summed E-state index contributed by atoms with van der Waals surface area (Å²) in [6.45, 7) is 1.99. The monoisotopic (exact) mass is 409 g/mol. The lowest BCUT2D eigenvalue weighted by Crippen LogP contribution is -2.33. The van der Waals surface area contributed by atoms with E-state index in [9.17, 15) is 13.6 Å². The summed E-state index contributed by atoms with van der Waals surface area (Å²) >= 11 is 7.20. The maximum absolute atomic E-state index is 14.2. The zero-order chi connectivity index (χ0) is 19.6. The average molecular weight is 410 g/mol. The van der Waals surface area contributed by atoms with Gasteiger partial charge in [0.2, 0.25) is 0 Å². The molecule has 0 aliphatic carbocycles. The highest BCUT2D eigenvalue weighted by Crippen LogP contribution is 2.30. The van der Waals surface area contributed by atoms with Gasteiger partial charge in [-0.05, 0) is 55.7 Å². The number of amidine groups is 1. The van der Waals surface area contributed by atoms with Crippen LogP contribution in [0.3, 0.4) is 0 Å². The number of carbonyl (C=O) groups excluding carboxylic acids is 1. The van der Waals surface area contributed by atoms with Gasteiger partial charge in [-0.1, -0.05) is 29.4 Å². The molecule has 0 aromatic heterocycles. The van der Waals surface area contributed by atoms with Crippen LogP contribution in [0, 0.1) is 11.6 Å². The Morgan fingerprint density at radius 1 is 1.30 bits per heavy atom. The molecule has 1 amide bonds. The van der Waals surface area contributed by atoms with Crippen molar-refractivity contribution in [2.75, 3.05) is 11.1 Å². The van der Waals surface area contributed by atoms with E-state index >= 15 is 0 Å². The molecule has 0 bridgehead atoms. The fourth-order valence-corrected chi connectivity index (χ4v) is 4.13. The Morgan fingerprint density at radius 3 is 2.78 bits per heavy atom. The third-order valence-electron chi connectivity index (χ3n) is 4.31. The van der Waals surface area contributed by atoms with Crippen molar-refractivity contribution in [1.82, 2.24) is 0 Å². The van der Waals surface area contributed by atoms with Crippen LogP contribution in [0.4, 0.5) is 14.5 Å². The van der Waals surface area contributed by atoms with Crippen LogP contribution in [-0.2, 0) is 6.42 Å². The minimum absolute atomic E-state index is 0.0161. The number of benzene rings is 2. The Hall–Kier alpha value is -2.12. The Bertz CT molecular complexity index is 922. The van der Waals surface area contributed by atoms with E-state index in [1.807, 2.05) is 6.92 Å². The number of halogens is 3. The Kier molecular flexibility index (Phi) is 5.72. The number of carbonyl (C=O) groups is 1. The van der Waals surface area contributed by atoms with Gasteiger partial charge in [0.25, 0.3) is 5.91 Å². The number of hydrogen-bond acceptors (Lipinski definition) is 4. The molecule has 4 nitrogen and oxygen atoms in total. The molecule has 1 aliphatic heterocycles. The van der Waals surface area contributed by atoms with Crippen LogP contribution in [0.1, 0.15) is 29.3 Å². The lowest BCUT2D eigenvalue weighted by Gasteiger charge is -2.29. The van der Waals surface area contributed by atoms with Crippen molar-refractivity contribution in [3.63, 3.8) is 0 Å². The van der Waals surface area contributed by atoms with E-state index in [1.54, 1.807) is 12.1 Å². The van der Waals surface area contributed by atoms with Crippen molar-refractivity contribution in [3.8, 4) is 0 Å². The quantitative estimate of drug-likeness (QED) is 0.774. The summed E-state index contributed by atoms with van der Waals surface area (Å²) < 4.78 is 28.1. The number of anilines is 1. The van der Waals surface area contributed by atoms with Crippen molar-refractivity contribution in [2.45, 2.75) is 25.3 Å². The summed E-state index contributed by atoms with van der Waals surface area (Å²) in [5.41, 5.74) is 6.02. The molecule has 8 heteroatoms. The number of nitrogens with one attached hydrogen (secondary N) is 1. The molecule has 1 aliphatic rings. The number of rotatable bonds is 4. The van der Waals surface area contributed by atoms with Gasteiger partial charge in [0.15, 0.2) is 5.17 Å². The maximum atomic E-state index is 14.2. The highest BCUT2D eigenvalue weighted by atomic mass is 35.5. The molecule has 0 saturated heterocycles. The molecule has 1 atom stereocenters. The first-order valence-electron chi connectivity index (χ1n) is 8.29. The van der Waals surface area contributed by atoms with Gasteiger partial charge in [-0.15, -0.1) is 0 Å². The molecular weight excluding hydrogens is 392 g/mol. The highest BCUT2D eigenvalue weighted by Gasteiger charge is 2.28. The Morgan fingerprint density at radius 2 is 2.07 bits per heavy atom. The molecule has 3 rings (SSSR count). The summed E-state index contributed by atoms with van der Waals surface area (Å²) in [7, 11) is 0. The van der Waals surface area contributed by atoms with Gasteiger partial charge in [-0.2, -0.15) is 0 Å². The fraction of sp³-hybridized carbons (Fsp3) is 0.263. The van der Waals surface area contributed by atoms with Gasteiger partial charge in [-0.3, -0.25) is 9.79 Å². The molecule has 142 valence electrons. The molecule has 0 fully saturated rings. The Labute approximate surface area is 165 Å². The molecule has 0 spiro atoms. The average Bonchev–Trinajstić information content (AvgIpc) is 2.57. The van der Waals surface area contributed by atoms with Crippen molar-refractivity contribution in [2.24, 2.45) is 10.7 Å². The molecule has 27 heavy (non-hydrogen) atoms. The molecule has 1 heterocycles. The molecule has 0 saturated carbocycles. The number of amides is 1. The van der Waals surface area contributed by atoms with Crippen LogP contribution < -0.4 is 11.1 Å². The topological polar surface area (TPSA) is 67.5 Å². The molecule has 0 radical (unpaired) electrons. The van der Waals surface area contributed by atoms with Crippen molar-refractivity contribution >= 4 is 40.1 Å². The summed E-state index contributed by atoms with van der Waals surface area (Å²) in [4.78, 5) is 16.8. The summed E-state index contributed by atoms with van der Waals surface area (Å²) in [6, 6.07) is 8.15. The van der Waals surface area contributed by atoms with Crippen LogP contribution in [-0.4, -0.2) is 22.4 Å². The van der Waals surface area contributed by atoms with Gasteiger partial charge >= 0.3 is 0 Å². The van der Waals surface area contributed by atoms with E-state index in [-0.39, 0.29) is 21.8 Å². The van der Waals surface area contributed by atoms with Gasteiger partial charge < -0.3 is 11.1 Å². The smallest absolute Gasteiger partial charge is 0.258 e. The van der Waals surface area contributed by atoms with Crippen LogP contribution in [0.25, 0.3) is 0 Å². The van der Waals surface area contributed by atoms with E-state index in [4.69, 9.17) is 17.3 Å². The molecule has 1 unspecified atom stereocenters. The minimum atomic E-state index is -0.770. The predicted octanol–water partition coefficient (Wildman–Crippen LogP) is 4.62. The van der Waals surface area contributed by atoms with Crippen LogP contribution in [0.2, 0.25) is 5.02 Å². The van der Waals surface area contributed by atoms with Gasteiger partial charge in [0.1, 0.15) is 11.6 Å². The zero-order valence-electron chi connectivity index (χ0n) is 14.6. The number of nitrogens with two attached hydrogens (primary N) is 1. The van der Waals surface area contributed by atoms with Gasteiger partial charge in [-0.25, -0.2) is 8.78 Å². The van der Waals surface area contributed by atoms with Crippen LogP contribution >= 0.6 is 23.4 Å². The van der Waals surface area contributed by atoms with Gasteiger partial charge in [0, 0.05) is 10.8 Å². The molecule has 2 aromatic rings. The predicted molar refractivity (Wildman–Crippen MR) is 107 cm³/mol. The molecule has 2 aromatic carbocycles. The first-order valence-corrected chi connectivity index (χ1v) is 9.65. The van der Waals surface area contributed by atoms with Crippen molar-refractivity contribution in [3.05, 3.63) is 64.2 Å². The van der Waals surface area contributed by atoms with Crippen LogP contribution in [0.5, 0.6) is 0 Å². The van der Waals surface area contributed by atoms with E-state index in [2.05, 4.69) is 10.3 Å². The third kappa shape index (κ3) is 4.78. The number of nitrogens with zero attached hydrogens (tertiary/aromatic N) is 1. The van der Waals surface area contributed by atoms with Crippen molar-refractivity contribution in [1.29, 1.82) is 0 Å². The normalized spacial score (nSPS) is 19.5. The van der Waals surface area contributed by atoms with E-state index < -0.39 is 17.5 Å². The molecule has 3 N–H and O–H groups in total. The number of aliphatic imine (C=N–C) groups is 1. The van der Waals surface area contributed by atoms with E-state index in [0.29, 0.717) is 11.6 Å². The minimum Gasteiger partial charge on any atom is -0.379 e. The maximum Gasteiger partial charge on any atom is 0.258 e. The fourth-order valence-electron chi connectivity index (χ4n) is 2.94. The van der Waals surface area contributed by atoms with E-state index in [1.165, 1.54) is 30.0 Å². The lowest BCUT2D eigenvalue weighted by molar-refractivity contribution is 0.102. The number of thioether (sulfide) groups is 1. The number of hydrogen-bond donors (Lipinski definition) is 2. The largest absolute Gasteiger partial charge is 0.379 e. The first kappa shape index (κ1) is 19.6. The van der Waals surface area contributed by atoms with Gasteiger partial charge in [0.05, 0.1) is 16.8 Å². The second-order valence-electron chi connectivity index (χ2n) is 6.61. The second kappa shape index (κ2) is 7.86. The Balaban J connectivity index is 1.81. The second-order valence-corrected chi connectivity index (χ2v) is 8.17. The summed E-state index contributed by atoms with van der Waals surface area (Å²) in [5.74, 6) is -1.25. The zero-order valence-corrected chi connectivity index (χ0v) is 16.1. The molecular formula is C19H18ClF2N3OS. The van der Waals surface area contributed by atoms with Crippen LogP contribution in [0.15, 0.2) is 41.4 Å². The van der Waals surface area contributed by atoms with E-state index in [0.717, 1.165) is 23.8 Å². The van der Waals surface area contributed by atoms with Crippen molar-refractivity contribution < 1.29 is 13.6 Å².